The van der Waals surface area contributed by atoms with Crippen LogP contribution in [0.15, 0.2) is 36.5 Å². The van der Waals surface area contributed by atoms with Crippen molar-refractivity contribution < 1.29 is 4.74 Å². The van der Waals surface area contributed by atoms with E-state index in [2.05, 4.69) is 9.88 Å². The van der Waals surface area contributed by atoms with Gasteiger partial charge in [-0.3, -0.25) is 0 Å². The van der Waals surface area contributed by atoms with Crippen LogP contribution in [-0.2, 0) is 6.54 Å². The molecule has 2 aromatic rings. The minimum atomic E-state index is 0.475. The van der Waals surface area contributed by atoms with Crippen molar-refractivity contribution in [1.82, 2.24) is 4.98 Å². The number of ether oxygens (including phenoxy) is 1. The number of hydrogen-bond donors (Lipinski definition) is 2. The number of fused-ring (bicyclic) bond motifs is 1. The second-order valence-electron chi connectivity index (χ2n) is 4.88. The van der Waals surface area contributed by atoms with Gasteiger partial charge in [0.1, 0.15) is 11.6 Å². The second-order valence-corrected chi connectivity index (χ2v) is 4.88. The molecule has 0 saturated carbocycles. The third-order valence-corrected chi connectivity index (χ3v) is 3.40. The molecule has 0 aliphatic carbocycles. The van der Waals surface area contributed by atoms with Crippen molar-refractivity contribution in [2.75, 3.05) is 23.0 Å². The number of pyridine rings is 1. The summed E-state index contributed by atoms with van der Waals surface area (Å²) in [7, 11) is 0. The van der Waals surface area contributed by atoms with Crippen molar-refractivity contribution in [1.29, 1.82) is 0 Å². The van der Waals surface area contributed by atoms with E-state index in [0.717, 1.165) is 28.4 Å². The standard InChI is InChI=1S/C16H18N4O/c1-2-21-15-9-16(18)19-14-7-8-20(10-13(14)15)12-5-3-11(17)4-6-12/h3-9H,2,10,17H2,1H3,(H2,18,19). The third-order valence-electron chi connectivity index (χ3n) is 3.40. The number of hydrogen-bond acceptors (Lipinski definition) is 5. The largest absolute Gasteiger partial charge is 0.493 e. The number of nitrogens with zero attached hydrogens (tertiary/aromatic N) is 2. The van der Waals surface area contributed by atoms with Crippen LogP contribution in [0.1, 0.15) is 18.2 Å². The van der Waals surface area contributed by atoms with Gasteiger partial charge in [0.2, 0.25) is 0 Å². The van der Waals surface area contributed by atoms with E-state index in [1.807, 2.05) is 43.5 Å². The number of aromatic nitrogens is 1. The van der Waals surface area contributed by atoms with Crippen LogP contribution >= 0.6 is 0 Å². The Balaban J connectivity index is 1.96. The molecule has 0 spiro atoms. The monoisotopic (exact) mass is 282 g/mol. The average molecular weight is 282 g/mol. The highest BCUT2D eigenvalue weighted by Crippen LogP contribution is 2.31. The molecule has 0 unspecified atom stereocenters. The smallest absolute Gasteiger partial charge is 0.130 e. The molecule has 21 heavy (non-hydrogen) atoms. The van der Waals surface area contributed by atoms with Gasteiger partial charge in [0.25, 0.3) is 0 Å². The Morgan fingerprint density at radius 3 is 2.71 bits per heavy atom. The zero-order chi connectivity index (χ0) is 14.8. The van der Waals surface area contributed by atoms with Gasteiger partial charge in [-0.05, 0) is 37.3 Å². The summed E-state index contributed by atoms with van der Waals surface area (Å²) in [6.07, 6.45) is 3.95. The number of nitrogen functional groups attached to an aromatic ring is 2. The van der Waals surface area contributed by atoms with Gasteiger partial charge < -0.3 is 21.1 Å². The van der Waals surface area contributed by atoms with Gasteiger partial charge in [0.05, 0.1) is 18.8 Å². The molecule has 3 rings (SSSR count). The summed E-state index contributed by atoms with van der Waals surface area (Å²) in [5.74, 6) is 1.27. The highest BCUT2D eigenvalue weighted by molar-refractivity contribution is 5.67. The highest BCUT2D eigenvalue weighted by Gasteiger charge is 2.18. The Morgan fingerprint density at radius 2 is 2.00 bits per heavy atom. The first-order chi connectivity index (χ1) is 10.2. The summed E-state index contributed by atoms with van der Waals surface area (Å²) in [4.78, 5) is 6.49. The van der Waals surface area contributed by atoms with E-state index in [9.17, 15) is 0 Å². The minimum Gasteiger partial charge on any atom is -0.493 e. The first kappa shape index (κ1) is 13.3. The molecule has 0 amide bonds. The fourth-order valence-electron chi connectivity index (χ4n) is 2.39. The van der Waals surface area contributed by atoms with Crippen LogP contribution in [0.25, 0.3) is 6.08 Å². The van der Waals surface area contributed by atoms with Crippen LogP contribution in [0.4, 0.5) is 17.2 Å². The maximum atomic E-state index is 5.82. The van der Waals surface area contributed by atoms with Crippen LogP contribution in [-0.4, -0.2) is 11.6 Å². The number of anilines is 3. The molecule has 5 heteroatoms. The molecule has 1 aromatic heterocycles. The van der Waals surface area contributed by atoms with Crippen LogP contribution in [0, 0.1) is 0 Å². The predicted octanol–water partition coefficient (Wildman–Crippen LogP) is 2.64. The van der Waals surface area contributed by atoms with E-state index in [-0.39, 0.29) is 0 Å². The molecule has 4 N–H and O–H groups in total. The molecule has 0 atom stereocenters. The van der Waals surface area contributed by atoms with Gasteiger partial charge in [0, 0.05) is 29.2 Å². The maximum absolute atomic E-state index is 5.82. The normalized spacial score (nSPS) is 13.1. The molecular weight excluding hydrogens is 264 g/mol. The average Bonchev–Trinajstić information content (AvgIpc) is 2.48. The zero-order valence-corrected chi connectivity index (χ0v) is 11.9. The lowest BCUT2D eigenvalue weighted by Gasteiger charge is -2.26. The van der Waals surface area contributed by atoms with E-state index >= 15 is 0 Å². The van der Waals surface area contributed by atoms with Gasteiger partial charge in [-0.15, -0.1) is 0 Å². The van der Waals surface area contributed by atoms with Crippen molar-refractivity contribution in [2.45, 2.75) is 13.5 Å². The molecule has 1 aliphatic heterocycles. The Hall–Kier alpha value is -2.69. The predicted molar refractivity (Wildman–Crippen MR) is 85.9 cm³/mol. The molecule has 0 fully saturated rings. The Labute approximate surface area is 123 Å². The van der Waals surface area contributed by atoms with Crippen LogP contribution in [0.3, 0.4) is 0 Å². The number of rotatable bonds is 3. The summed E-state index contributed by atoms with van der Waals surface area (Å²) in [6.45, 7) is 3.25. The second kappa shape index (κ2) is 5.36. The van der Waals surface area contributed by atoms with Crippen LogP contribution in [0.2, 0.25) is 0 Å². The highest BCUT2D eigenvalue weighted by atomic mass is 16.5. The zero-order valence-electron chi connectivity index (χ0n) is 11.9. The van der Waals surface area contributed by atoms with Crippen molar-refractivity contribution >= 4 is 23.3 Å². The number of nitrogens with two attached hydrogens (primary N) is 2. The molecule has 108 valence electrons. The molecular formula is C16H18N4O. The lowest BCUT2D eigenvalue weighted by molar-refractivity contribution is 0.336. The Morgan fingerprint density at radius 1 is 1.24 bits per heavy atom. The molecule has 5 nitrogen and oxygen atoms in total. The Kier molecular flexibility index (Phi) is 3.39. The van der Waals surface area contributed by atoms with Crippen molar-refractivity contribution in [3.05, 3.63) is 47.8 Å². The quantitative estimate of drug-likeness (QED) is 0.846. The molecule has 2 heterocycles. The first-order valence-corrected chi connectivity index (χ1v) is 6.90. The van der Waals surface area contributed by atoms with Gasteiger partial charge in [-0.1, -0.05) is 0 Å². The number of benzene rings is 1. The van der Waals surface area contributed by atoms with Gasteiger partial charge in [0.15, 0.2) is 0 Å². The van der Waals surface area contributed by atoms with E-state index in [0.29, 0.717) is 19.0 Å². The first-order valence-electron chi connectivity index (χ1n) is 6.90. The lowest BCUT2D eigenvalue weighted by atomic mass is 10.1. The van der Waals surface area contributed by atoms with E-state index in [1.165, 1.54) is 0 Å². The molecule has 0 radical (unpaired) electrons. The SMILES string of the molecule is CCOc1cc(N)nc2c1CN(c1ccc(N)cc1)C=C2. The lowest BCUT2D eigenvalue weighted by Crippen LogP contribution is -2.21. The molecule has 0 bridgehead atoms. The third kappa shape index (κ3) is 2.63. The summed E-state index contributed by atoms with van der Waals surface area (Å²) < 4.78 is 5.69. The van der Waals surface area contributed by atoms with Gasteiger partial charge in [-0.25, -0.2) is 4.98 Å². The maximum Gasteiger partial charge on any atom is 0.130 e. The van der Waals surface area contributed by atoms with E-state index in [1.54, 1.807) is 6.07 Å². The summed E-state index contributed by atoms with van der Waals surface area (Å²) in [5, 5.41) is 0. The topological polar surface area (TPSA) is 77.4 Å². The van der Waals surface area contributed by atoms with Crippen LogP contribution in [0.5, 0.6) is 5.75 Å². The van der Waals surface area contributed by atoms with Crippen molar-refractivity contribution in [2.24, 2.45) is 0 Å². The fraction of sp³-hybridized carbons (Fsp3) is 0.188. The van der Waals surface area contributed by atoms with Gasteiger partial charge >= 0.3 is 0 Å². The van der Waals surface area contributed by atoms with E-state index in [4.69, 9.17) is 16.2 Å². The van der Waals surface area contributed by atoms with E-state index < -0.39 is 0 Å². The summed E-state index contributed by atoms with van der Waals surface area (Å²) >= 11 is 0. The molecule has 1 aliphatic rings. The fourth-order valence-corrected chi connectivity index (χ4v) is 2.39. The minimum absolute atomic E-state index is 0.475. The Bertz CT molecular complexity index is 679. The summed E-state index contributed by atoms with van der Waals surface area (Å²) in [5.41, 5.74) is 15.3. The van der Waals surface area contributed by atoms with Crippen molar-refractivity contribution in [3.8, 4) is 5.75 Å². The molecule has 0 saturated heterocycles. The van der Waals surface area contributed by atoms with Crippen LogP contribution < -0.4 is 21.1 Å². The summed E-state index contributed by atoms with van der Waals surface area (Å²) in [6, 6.07) is 9.56. The van der Waals surface area contributed by atoms with Gasteiger partial charge in [-0.2, -0.15) is 0 Å². The van der Waals surface area contributed by atoms with Crippen molar-refractivity contribution in [3.63, 3.8) is 0 Å². The molecule has 1 aromatic carbocycles.